The third kappa shape index (κ3) is 5.59. The lowest BCUT2D eigenvalue weighted by Crippen LogP contribution is -2.46. The minimum Gasteiger partial charge on any atom is -0.497 e. The van der Waals surface area contributed by atoms with E-state index in [0.717, 1.165) is 50.5 Å². The summed E-state index contributed by atoms with van der Waals surface area (Å²) in [6.07, 6.45) is 5.57. The van der Waals surface area contributed by atoms with Gasteiger partial charge in [0.2, 0.25) is 11.9 Å². The molecule has 9 heteroatoms. The Hall–Kier alpha value is -3.07. The molecule has 172 valence electrons. The van der Waals surface area contributed by atoms with Crippen LogP contribution in [-0.2, 0) is 4.79 Å². The van der Waals surface area contributed by atoms with Gasteiger partial charge in [0, 0.05) is 37.5 Å². The summed E-state index contributed by atoms with van der Waals surface area (Å²) < 4.78 is 5.28. The summed E-state index contributed by atoms with van der Waals surface area (Å²) in [5, 5.41) is 6.38. The number of carbonyl (C=O) groups is 1. The van der Waals surface area contributed by atoms with E-state index >= 15 is 0 Å². The second kappa shape index (κ2) is 10.5. The molecule has 1 atom stereocenters. The molecule has 2 aliphatic heterocycles. The Morgan fingerprint density at radius 1 is 1.16 bits per heavy atom. The second-order valence-electron chi connectivity index (χ2n) is 8.37. The first-order valence-corrected chi connectivity index (χ1v) is 11.4. The van der Waals surface area contributed by atoms with Crippen LogP contribution in [0.4, 0.5) is 23.3 Å². The summed E-state index contributed by atoms with van der Waals surface area (Å²) in [6, 6.07) is 9.19. The van der Waals surface area contributed by atoms with Crippen molar-refractivity contribution in [2.24, 2.45) is 0 Å². The standard InChI is InChI=1S/C23H33N7O2/c1-32-18-8-5-7-17(15-18)26-20-16-21(28-23(24)27-20)30-13-6-9-19(30)22(31)25-10-14-29-11-3-2-4-12-29/h5,7-8,15-16,19H,2-4,6,9-14H2,1H3,(H,25,31)(H3,24,26,27,28)/t19-/m0/s1. The molecule has 3 heterocycles. The topological polar surface area (TPSA) is 109 Å². The van der Waals surface area contributed by atoms with E-state index < -0.39 is 0 Å². The zero-order chi connectivity index (χ0) is 22.3. The van der Waals surface area contributed by atoms with Gasteiger partial charge in [-0.25, -0.2) is 0 Å². The fourth-order valence-electron chi connectivity index (χ4n) is 4.46. The van der Waals surface area contributed by atoms with Gasteiger partial charge in [-0.15, -0.1) is 0 Å². The van der Waals surface area contributed by atoms with Crippen molar-refractivity contribution in [3.05, 3.63) is 30.3 Å². The van der Waals surface area contributed by atoms with Gasteiger partial charge in [0.25, 0.3) is 0 Å². The van der Waals surface area contributed by atoms with E-state index in [9.17, 15) is 4.79 Å². The predicted octanol–water partition coefficient (Wildman–Crippen LogP) is 2.38. The maximum Gasteiger partial charge on any atom is 0.242 e. The van der Waals surface area contributed by atoms with Crippen LogP contribution in [0.5, 0.6) is 5.75 Å². The third-order valence-corrected chi connectivity index (χ3v) is 6.10. The highest BCUT2D eigenvalue weighted by Crippen LogP contribution is 2.28. The first-order valence-electron chi connectivity index (χ1n) is 11.4. The van der Waals surface area contributed by atoms with Gasteiger partial charge < -0.3 is 30.9 Å². The van der Waals surface area contributed by atoms with E-state index in [1.54, 1.807) is 7.11 Å². The number of ether oxygens (including phenoxy) is 1. The fraction of sp³-hybridized carbons (Fsp3) is 0.522. The molecule has 4 rings (SSSR count). The highest BCUT2D eigenvalue weighted by atomic mass is 16.5. The minimum absolute atomic E-state index is 0.0546. The van der Waals surface area contributed by atoms with Crippen LogP contribution < -0.4 is 26.0 Å². The molecular formula is C23H33N7O2. The van der Waals surface area contributed by atoms with E-state index in [1.807, 2.05) is 35.2 Å². The highest BCUT2D eigenvalue weighted by molar-refractivity contribution is 5.85. The Morgan fingerprint density at radius 2 is 2.00 bits per heavy atom. The third-order valence-electron chi connectivity index (χ3n) is 6.10. The van der Waals surface area contributed by atoms with E-state index in [0.29, 0.717) is 18.2 Å². The van der Waals surface area contributed by atoms with Crippen LogP contribution in [-0.4, -0.2) is 66.7 Å². The Morgan fingerprint density at radius 3 is 2.81 bits per heavy atom. The molecule has 2 saturated heterocycles. The molecule has 2 aliphatic rings. The molecular weight excluding hydrogens is 406 g/mol. The minimum atomic E-state index is -0.240. The van der Waals surface area contributed by atoms with Gasteiger partial charge in [-0.2, -0.15) is 9.97 Å². The largest absolute Gasteiger partial charge is 0.497 e. The zero-order valence-corrected chi connectivity index (χ0v) is 18.7. The second-order valence-corrected chi connectivity index (χ2v) is 8.37. The zero-order valence-electron chi connectivity index (χ0n) is 18.7. The molecule has 32 heavy (non-hydrogen) atoms. The van der Waals surface area contributed by atoms with Crippen LogP contribution in [0.1, 0.15) is 32.1 Å². The van der Waals surface area contributed by atoms with E-state index in [-0.39, 0.29) is 17.9 Å². The molecule has 2 fully saturated rings. The molecule has 2 aromatic rings. The molecule has 4 N–H and O–H groups in total. The van der Waals surface area contributed by atoms with Crippen molar-refractivity contribution in [1.82, 2.24) is 20.2 Å². The first-order chi connectivity index (χ1) is 15.6. The van der Waals surface area contributed by atoms with Crippen molar-refractivity contribution < 1.29 is 9.53 Å². The molecule has 0 aliphatic carbocycles. The normalized spacial score (nSPS) is 19.0. The summed E-state index contributed by atoms with van der Waals surface area (Å²) in [5.41, 5.74) is 6.84. The monoisotopic (exact) mass is 439 g/mol. The molecule has 1 aromatic carbocycles. The number of piperidine rings is 1. The van der Waals surface area contributed by atoms with Crippen LogP contribution >= 0.6 is 0 Å². The molecule has 9 nitrogen and oxygen atoms in total. The van der Waals surface area contributed by atoms with Crippen LogP contribution in [0.25, 0.3) is 0 Å². The maximum atomic E-state index is 12.9. The molecule has 1 amide bonds. The number of carbonyl (C=O) groups excluding carboxylic acids is 1. The van der Waals surface area contributed by atoms with Gasteiger partial charge in [0.15, 0.2) is 0 Å². The summed E-state index contributed by atoms with van der Waals surface area (Å²) in [6.45, 7) is 4.62. The van der Waals surface area contributed by atoms with Crippen molar-refractivity contribution in [2.45, 2.75) is 38.1 Å². The summed E-state index contributed by atoms with van der Waals surface area (Å²) in [5.74, 6) is 2.22. The summed E-state index contributed by atoms with van der Waals surface area (Å²) in [4.78, 5) is 26.1. The van der Waals surface area contributed by atoms with Gasteiger partial charge in [-0.1, -0.05) is 12.5 Å². The van der Waals surface area contributed by atoms with Crippen LogP contribution in [0, 0.1) is 0 Å². The smallest absolute Gasteiger partial charge is 0.242 e. The number of likely N-dealkylation sites (tertiary alicyclic amines) is 1. The number of anilines is 4. The lowest BCUT2D eigenvalue weighted by Gasteiger charge is -2.28. The number of hydrogen-bond donors (Lipinski definition) is 3. The number of aromatic nitrogens is 2. The van der Waals surface area contributed by atoms with E-state index in [2.05, 4.69) is 25.5 Å². The van der Waals surface area contributed by atoms with E-state index in [4.69, 9.17) is 10.5 Å². The van der Waals surface area contributed by atoms with Crippen molar-refractivity contribution in [2.75, 3.05) is 55.8 Å². The molecule has 0 bridgehead atoms. The Kier molecular flexibility index (Phi) is 7.26. The average molecular weight is 440 g/mol. The number of nitrogen functional groups attached to an aromatic ring is 1. The van der Waals surface area contributed by atoms with Gasteiger partial charge in [0.05, 0.1) is 7.11 Å². The number of nitrogens with one attached hydrogen (secondary N) is 2. The lowest BCUT2D eigenvalue weighted by molar-refractivity contribution is -0.122. The number of methoxy groups -OCH3 is 1. The van der Waals surface area contributed by atoms with E-state index in [1.165, 1.54) is 19.3 Å². The quantitative estimate of drug-likeness (QED) is 0.575. The highest BCUT2D eigenvalue weighted by Gasteiger charge is 2.32. The maximum absolute atomic E-state index is 12.9. The van der Waals surface area contributed by atoms with Gasteiger partial charge >= 0.3 is 0 Å². The number of hydrogen-bond acceptors (Lipinski definition) is 8. The predicted molar refractivity (Wildman–Crippen MR) is 126 cm³/mol. The molecule has 0 unspecified atom stereocenters. The van der Waals surface area contributed by atoms with Crippen molar-refractivity contribution >= 4 is 29.2 Å². The van der Waals surface area contributed by atoms with Crippen LogP contribution in [0.2, 0.25) is 0 Å². The van der Waals surface area contributed by atoms with Crippen molar-refractivity contribution in [3.8, 4) is 5.75 Å². The Balaban J connectivity index is 1.40. The fourth-order valence-corrected chi connectivity index (χ4v) is 4.46. The van der Waals surface area contributed by atoms with Gasteiger partial charge in [-0.05, 0) is 50.9 Å². The lowest BCUT2D eigenvalue weighted by atomic mass is 10.1. The number of benzene rings is 1. The molecule has 0 spiro atoms. The first kappa shape index (κ1) is 22.1. The number of amides is 1. The van der Waals surface area contributed by atoms with Crippen molar-refractivity contribution in [3.63, 3.8) is 0 Å². The number of nitrogens with zero attached hydrogens (tertiary/aromatic N) is 4. The Bertz CT molecular complexity index is 917. The molecule has 1 aromatic heterocycles. The van der Waals surface area contributed by atoms with Crippen LogP contribution in [0.3, 0.4) is 0 Å². The molecule has 0 saturated carbocycles. The summed E-state index contributed by atoms with van der Waals surface area (Å²) in [7, 11) is 1.63. The van der Waals surface area contributed by atoms with Crippen molar-refractivity contribution in [1.29, 1.82) is 0 Å². The SMILES string of the molecule is COc1cccc(Nc2cc(N3CCC[C@H]3C(=O)NCCN3CCCCC3)nc(N)n2)c1. The van der Waals surface area contributed by atoms with Gasteiger partial charge in [-0.3, -0.25) is 4.79 Å². The Labute approximate surface area is 189 Å². The molecule has 0 radical (unpaired) electrons. The number of nitrogens with two attached hydrogens (primary N) is 1. The van der Waals surface area contributed by atoms with Gasteiger partial charge in [0.1, 0.15) is 23.4 Å². The van der Waals surface area contributed by atoms with Crippen LogP contribution in [0.15, 0.2) is 30.3 Å². The average Bonchev–Trinajstić information content (AvgIpc) is 3.30. The summed E-state index contributed by atoms with van der Waals surface area (Å²) >= 11 is 0. The number of rotatable bonds is 8.